The lowest BCUT2D eigenvalue weighted by Gasteiger charge is -2.20. The van der Waals surface area contributed by atoms with Crippen LogP contribution >= 0.6 is 0 Å². The van der Waals surface area contributed by atoms with Crippen LogP contribution in [0.2, 0.25) is 0 Å². The van der Waals surface area contributed by atoms with E-state index in [9.17, 15) is 9.59 Å². The minimum atomic E-state index is -0.203. The van der Waals surface area contributed by atoms with Crippen LogP contribution in [0.3, 0.4) is 0 Å². The van der Waals surface area contributed by atoms with E-state index in [1.165, 1.54) is 0 Å². The molecule has 4 nitrogen and oxygen atoms in total. The number of amides is 2. The summed E-state index contributed by atoms with van der Waals surface area (Å²) in [5.41, 5.74) is 3.10. The minimum Gasteiger partial charge on any atom is -0.347 e. The van der Waals surface area contributed by atoms with Crippen molar-refractivity contribution >= 4 is 11.8 Å². The first-order valence-corrected chi connectivity index (χ1v) is 9.39. The minimum absolute atomic E-state index is 0.0379. The summed E-state index contributed by atoms with van der Waals surface area (Å²) in [6, 6.07) is 29.2. The normalized spacial score (nSPS) is 11.4. The molecule has 2 N–H and O–H groups in total. The number of hydrogen-bond donors (Lipinski definition) is 2. The van der Waals surface area contributed by atoms with Crippen LogP contribution in [-0.2, 0) is 22.4 Å². The molecule has 0 aliphatic carbocycles. The number of carbonyl (C=O) groups is 2. The molecule has 1 unspecified atom stereocenters. The lowest BCUT2D eigenvalue weighted by atomic mass is 9.99. The summed E-state index contributed by atoms with van der Waals surface area (Å²) >= 11 is 0. The number of rotatable bonds is 8. The Balaban J connectivity index is 1.57. The predicted octanol–water partition coefficient (Wildman–Crippen LogP) is 3.45. The van der Waals surface area contributed by atoms with Gasteiger partial charge in [0.05, 0.1) is 19.0 Å². The highest BCUT2D eigenvalue weighted by molar-refractivity contribution is 5.85. The van der Waals surface area contributed by atoms with Gasteiger partial charge in [0.1, 0.15) is 0 Å². The third-order valence-electron chi connectivity index (χ3n) is 4.47. The quantitative estimate of drug-likeness (QED) is 0.636. The fourth-order valence-corrected chi connectivity index (χ4v) is 3.06. The molecule has 3 rings (SSSR count). The van der Waals surface area contributed by atoms with Gasteiger partial charge in [0.15, 0.2) is 0 Å². The number of carbonyl (C=O) groups excluding carboxylic acids is 2. The number of benzene rings is 3. The van der Waals surface area contributed by atoms with Gasteiger partial charge in [0.25, 0.3) is 0 Å². The van der Waals surface area contributed by atoms with Gasteiger partial charge in [-0.25, -0.2) is 0 Å². The molecule has 142 valence electrons. The zero-order chi connectivity index (χ0) is 19.6. The summed E-state index contributed by atoms with van der Waals surface area (Å²) in [4.78, 5) is 24.5. The SMILES string of the molecule is O=C(Cc1ccccc1)NCC(=O)NC(Cc1ccccc1)c1ccccc1. The molecule has 0 radical (unpaired) electrons. The first-order valence-electron chi connectivity index (χ1n) is 9.39. The van der Waals surface area contributed by atoms with E-state index in [0.29, 0.717) is 6.42 Å². The molecule has 0 saturated heterocycles. The van der Waals surface area contributed by atoms with E-state index in [1.807, 2.05) is 91.0 Å². The first-order chi connectivity index (χ1) is 13.7. The van der Waals surface area contributed by atoms with E-state index >= 15 is 0 Å². The largest absolute Gasteiger partial charge is 0.347 e. The van der Waals surface area contributed by atoms with Crippen LogP contribution in [0.4, 0.5) is 0 Å². The Morgan fingerprint density at radius 1 is 0.679 bits per heavy atom. The highest BCUT2D eigenvalue weighted by Crippen LogP contribution is 2.18. The molecule has 0 aliphatic rings. The van der Waals surface area contributed by atoms with Gasteiger partial charge in [-0.2, -0.15) is 0 Å². The Kier molecular flexibility index (Phi) is 6.96. The average Bonchev–Trinajstić information content (AvgIpc) is 2.74. The zero-order valence-corrected chi connectivity index (χ0v) is 15.7. The molecule has 0 heterocycles. The molecule has 4 heteroatoms. The molecule has 0 bridgehead atoms. The molecule has 3 aromatic carbocycles. The Labute approximate surface area is 165 Å². The summed E-state index contributed by atoms with van der Waals surface area (Å²) in [5, 5.41) is 5.75. The van der Waals surface area contributed by atoms with Gasteiger partial charge in [-0.1, -0.05) is 91.0 Å². The fraction of sp³-hybridized carbons (Fsp3) is 0.167. The van der Waals surface area contributed by atoms with E-state index in [2.05, 4.69) is 10.6 Å². The van der Waals surface area contributed by atoms with Gasteiger partial charge < -0.3 is 10.6 Å². The Bertz CT molecular complexity index is 880. The van der Waals surface area contributed by atoms with E-state index in [0.717, 1.165) is 16.7 Å². The lowest BCUT2D eigenvalue weighted by Crippen LogP contribution is -2.39. The molecule has 28 heavy (non-hydrogen) atoms. The van der Waals surface area contributed by atoms with Crippen molar-refractivity contribution < 1.29 is 9.59 Å². The highest BCUT2D eigenvalue weighted by atomic mass is 16.2. The molecule has 1 atom stereocenters. The van der Waals surface area contributed by atoms with Crippen molar-refractivity contribution in [3.8, 4) is 0 Å². The number of nitrogens with one attached hydrogen (secondary N) is 2. The smallest absolute Gasteiger partial charge is 0.239 e. The maximum Gasteiger partial charge on any atom is 0.239 e. The molecule has 0 aliphatic heterocycles. The Morgan fingerprint density at radius 3 is 1.82 bits per heavy atom. The van der Waals surface area contributed by atoms with Crippen molar-refractivity contribution in [1.82, 2.24) is 10.6 Å². The second-order valence-corrected chi connectivity index (χ2v) is 6.66. The van der Waals surface area contributed by atoms with E-state index in [4.69, 9.17) is 0 Å². The molecule has 0 fully saturated rings. The molecule has 0 saturated carbocycles. The fourth-order valence-electron chi connectivity index (χ4n) is 3.06. The van der Waals surface area contributed by atoms with Crippen molar-refractivity contribution in [2.45, 2.75) is 18.9 Å². The van der Waals surface area contributed by atoms with Crippen molar-refractivity contribution in [1.29, 1.82) is 0 Å². The van der Waals surface area contributed by atoms with Gasteiger partial charge in [-0.3, -0.25) is 9.59 Å². The first kappa shape index (κ1) is 19.4. The van der Waals surface area contributed by atoms with Gasteiger partial charge in [0.2, 0.25) is 11.8 Å². The maximum atomic E-state index is 12.4. The van der Waals surface area contributed by atoms with E-state index in [1.54, 1.807) is 0 Å². The van der Waals surface area contributed by atoms with Crippen molar-refractivity contribution in [3.63, 3.8) is 0 Å². The summed E-state index contributed by atoms with van der Waals surface area (Å²) in [7, 11) is 0. The average molecular weight is 372 g/mol. The molecular weight excluding hydrogens is 348 g/mol. The third kappa shape index (κ3) is 6.09. The Morgan fingerprint density at radius 2 is 1.21 bits per heavy atom. The molecule has 3 aromatic rings. The summed E-state index contributed by atoms with van der Waals surface area (Å²) in [6.45, 7) is -0.0379. The van der Waals surface area contributed by atoms with Crippen LogP contribution in [0.15, 0.2) is 91.0 Å². The van der Waals surface area contributed by atoms with E-state index in [-0.39, 0.29) is 30.8 Å². The van der Waals surface area contributed by atoms with Crippen LogP contribution < -0.4 is 10.6 Å². The molecule has 0 spiro atoms. The summed E-state index contributed by atoms with van der Waals surface area (Å²) < 4.78 is 0. The van der Waals surface area contributed by atoms with Gasteiger partial charge in [0, 0.05) is 0 Å². The second kappa shape index (κ2) is 10.1. The topological polar surface area (TPSA) is 58.2 Å². The van der Waals surface area contributed by atoms with Crippen molar-refractivity contribution in [2.24, 2.45) is 0 Å². The van der Waals surface area contributed by atoms with Gasteiger partial charge in [-0.05, 0) is 23.1 Å². The number of hydrogen-bond acceptors (Lipinski definition) is 2. The van der Waals surface area contributed by atoms with E-state index < -0.39 is 0 Å². The summed E-state index contributed by atoms with van der Waals surface area (Å²) in [5.74, 6) is -0.369. The highest BCUT2D eigenvalue weighted by Gasteiger charge is 2.16. The molecular formula is C24H24N2O2. The molecule has 0 aromatic heterocycles. The van der Waals surface area contributed by atoms with Crippen molar-refractivity contribution in [2.75, 3.05) is 6.54 Å². The Hall–Kier alpha value is -3.40. The second-order valence-electron chi connectivity index (χ2n) is 6.66. The van der Waals surface area contributed by atoms with Crippen LogP contribution in [0.1, 0.15) is 22.7 Å². The van der Waals surface area contributed by atoms with Crippen LogP contribution in [0.25, 0.3) is 0 Å². The zero-order valence-electron chi connectivity index (χ0n) is 15.7. The standard InChI is InChI=1S/C24H24N2O2/c27-23(17-20-12-6-2-7-13-20)25-18-24(28)26-22(21-14-8-3-9-15-21)16-19-10-4-1-5-11-19/h1-15,22H,16-18H2,(H,25,27)(H,26,28). The van der Waals surface area contributed by atoms with Crippen LogP contribution in [0, 0.1) is 0 Å². The van der Waals surface area contributed by atoms with Gasteiger partial charge >= 0.3 is 0 Å². The monoisotopic (exact) mass is 372 g/mol. The van der Waals surface area contributed by atoms with Crippen molar-refractivity contribution in [3.05, 3.63) is 108 Å². The van der Waals surface area contributed by atoms with Crippen LogP contribution in [0.5, 0.6) is 0 Å². The molecule has 2 amide bonds. The maximum absolute atomic E-state index is 12.4. The predicted molar refractivity (Wildman–Crippen MR) is 111 cm³/mol. The third-order valence-corrected chi connectivity index (χ3v) is 4.47. The lowest BCUT2D eigenvalue weighted by molar-refractivity contribution is -0.126. The van der Waals surface area contributed by atoms with Gasteiger partial charge in [-0.15, -0.1) is 0 Å². The summed E-state index contributed by atoms with van der Waals surface area (Å²) in [6.07, 6.45) is 0.953. The van der Waals surface area contributed by atoms with Crippen LogP contribution in [-0.4, -0.2) is 18.4 Å².